The summed E-state index contributed by atoms with van der Waals surface area (Å²) in [6.45, 7) is 2.19. The molecule has 3 rings (SSSR count). The number of benzene rings is 3. The van der Waals surface area contributed by atoms with Crippen molar-refractivity contribution in [2.24, 2.45) is 0 Å². The number of nitrogens with two attached hydrogens (primary N) is 1. The Bertz CT molecular complexity index is 738. The largest absolute Gasteiger partial charge is 0.399 e. The van der Waals surface area contributed by atoms with E-state index >= 15 is 0 Å². The molecule has 3 aromatic rings. The van der Waals surface area contributed by atoms with Gasteiger partial charge in [-0.2, -0.15) is 0 Å². The van der Waals surface area contributed by atoms with Crippen molar-refractivity contribution >= 4 is 5.69 Å². The van der Waals surface area contributed by atoms with Crippen LogP contribution in [0, 0.1) is 0 Å². The number of nitrogens with one attached hydrogen (secondary N) is 1. The van der Waals surface area contributed by atoms with Gasteiger partial charge in [-0.15, -0.1) is 0 Å². The molecule has 2 nitrogen and oxygen atoms in total. The molecule has 0 amide bonds. The lowest BCUT2D eigenvalue weighted by atomic mass is 9.96. The Labute approximate surface area is 138 Å². The molecular weight excluding hydrogens is 280 g/mol. The molecule has 0 heterocycles. The maximum absolute atomic E-state index is 5.99. The summed E-state index contributed by atoms with van der Waals surface area (Å²) >= 11 is 0. The summed E-state index contributed by atoms with van der Waals surface area (Å²) in [6, 6.07) is 29.4. The third-order valence-corrected chi connectivity index (χ3v) is 4.09. The highest BCUT2D eigenvalue weighted by molar-refractivity contribution is 5.44. The molecule has 23 heavy (non-hydrogen) atoms. The van der Waals surface area contributed by atoms with Crippen LogP contribution in [0.5, 0.6) is 0 Å². The number of hydrogen-bond donors (Lipinski definition) is 2. The van der Waals surface area contributed by atoms with Crippen molar-refractivity contribution in [2.75, 3.05) is 5.73 Å². The van der Waals surface area contributed by atoms with Crippen LogP contribution in [0.3, 0.4) is 0 Å². The van der Waals surface area contributed by atoms with Gasteiger partial charge in [0.2, 0.25) is 0 Å². The van der Waals surface area contributed by atoms with Crippen molar-refractivity contribution in [3.8, 4) is 0 Å². The van der Waals surface area contributed by atoms with Gasteiger partial charge in [0.25, 0.3) is 0 Å². The van der Waals surface area contributed by atoms with E-state index in [1.54, 1.807) is 0 Å². The van der Waals surface area contributed by atoms with Gasteiger partial charge in [-0.3, -0.25) is 5.32 Å². The van der Waals surface area contributed by atoms with Crippen molar-refractivity contribution in [3.05, 3.63) is 102 Å². The van der Waals surface area contributed by atoms with Crippen LogP contribution in [-0.4, -0.2) is 0 Å². The molecule has 0 aliphatic rings. The molecule has 0 saturated heterocycles. The van der Waals surface area contributed by atoms with E-state index in [4.69, 9.17) is 5.73 Å². The highest BCUT2D eigenvalue weighted by atomic mass is 14.9. The van der Waals surface area contributed by atoms with Crippen LogP contribution in [0.1, 0.15) is 35.7 Å². The Kier molecular flexibility index (Phi) is 4.74. The number of anilines is 1. The third-order valence-electron chi connectivity index (χ3n) is 4.09. The standard InChI is InChI=1S/C21H22N2/c1-16(17-9-4-2-5-10-17)23-21(18-11-6-3-7-12-18)19-13-8-14-20(22)15-19/h2-16,21,23H,22H2,1H3/t16-,21?/m1/s1. The molecule has 2 heteroatoms. The first-order valence-corrected chi connectivity index (χ1v) is 7.95. The molecule has 0 aliphatic carbocycles. The van der Waals surface area contributed by atoms with Gasteiger partial charge in [0.05, 0.1) is 6.04 Å². The molecular formula is C21H22N2. The molecule has 0 bridgehead atoms. The predicted molar refractivity (Wildman–Crippen MR) is 97.1 cm³/mol. The van der Waals surface area contributed by atoms with Crippen molar-refractivity contribution in [1.29, 1.82) is 0 Å². The minimum absolute atomic E-state index is 0.106. The van der Waals surface area contributed by atoms with E-state index in [0.717, 1.165) is 5.69 Å². The van der Waals surface area contributed by atoms with E-state index in [2.05, 4.69) is 66.8 Å². The fourth-order valence-corrected chi connectivity index (χ4v) is 2.86. The maximum Gasteiger partial charge on any atom is 0.0582 e. The zero-order valence-corrected chi connectivity index (χ0v) is 13.3. The van der Waals surface area contributed by atoms with Gasteiger partial charge >= 0.3 is 0 Å². The SMILES string of the molecule is C[C@@H](NC(c1ccccc1)c1cccc(N)c1)c1ccccc1. The molecule has 0 fully saturated rings. The summed E-state index contributed by atoms with van der Waals surface area (Å²) in [5.74, 6) is 0. The summed E-state index contributed by atoms with van der Waals surface area (Å²) < 4.78 is 0. The monoisotopic (exact) mass is 302 g/mol. The zero-order chi connectivity index (χ0) is 16.1. The van der Waals surface area contributed by atoms with Crippen molar-refractivity contribution in [1.82, 2.24) is 5.32 Å². The Balaban J connectivity index is 1.93. The van der Waals surface area contributed by atoms with Crippen LogP contribution in [0.25, 0.3) is 0 Å². The fourth-order valence-electron chi connectivity index (χ4n) is 2.86. The normalized spacial score (nSPS) is 13.4. The smallest absolute Gasteiger partial charge is 0.0582 e. The topological polar surface area (TPSA) is 38.0 Å². The summed E-state index contributed by atoms with van der Waals surface area (Å²) in [4.78, 5) is 0. The molecule has 0 aliphatic heterocycles. The average molecular weight is 302 g/mol. The van der Waals surface area contributed by atoms with E-state index < -0.39 is 0 Å². The van der Waals surface area contributed by atoms with Crippen LogP contribution < -0.4 is 11.1 Å². The van der Waals surface area contributed by atoms with Crippen molar-refractivity contribution in [3.63, 3.8) is 0 Å². The van der Waals surface area contributed by atoms with Crippen LogP contribution in [0.4, 0.5) is 5.69 Å². The van der Waals surface area contributed by atoms with Gasteiger partial charge in [0.1, 0.15) is 0 Å². The average Bonchev–Trinajstić information content (AvgIpc) is 2.61. The Morgan fingerprint density at radius 1 is 0.696 bits per heavy atom. The highest BCUT2D eigenvalue weighted by Gasteiger charge is 2.17. The molecule has 3 N–H and O–H groups in total. The van der Waals surface area contributed by atoms with E-state index in [1.807, 2.05) is 30.3 Å². The number of rotatable bonds is 5. The summed E-state index contributed by atoms with van der Waals surface area (Å²) in [5, 5.41) is 3.74. The van der Waals surface area contributed by atoms with Gasteiger partial charge in [0.15, 0.2) is 0 Å². The zero-order valence-electron chi connectivity index (χ0n) is 13.3. The quantitative estimate of drug-likeness (QED) is 0.670. The first-order valence-electron chi connectivity index (χ1n) is 7.95. The second-order valence-electron chi connectivity index (χ2n) is 5.81. The molecule has 0 spiro atoms. The minimum atomic E-state index is 0.106. The second-order valence-corrected chi connectivity index (χ2v) is 5.81. The van der Waals surface area contributed by atoms with Crippen LogP contribution in [0.2, 0.25) is 0 Å². The first-order chi connectivity index (χ1) is 11.2. The van der Waals surface area contributed by atoms with Crippen molar-refractivity contribution in [2.45, 2.75) is 19.0 Å². The lowest BCUT2D eigenvalue weighted by Crippen LogP contribution is -2.25. The molecule has 116 valence electrons. The predicted octanol–water partition coefficient (Wildman–Crippen LogP) is 4.71. The van der Waals surface area contributed by atoms with E-state index in [9.17, 15) is 0 Å². The number of hydrogen-bond acceptors (Lipinski definition) is 2. The number of nitrogen functional groups attached to an aromatic ring is 1. The lowest BCUT2D eigenvalue weighted by molar-refractivity contribution is 0.516. The van der Waals surface area contributed by atoms with Gasteiger partial charge < -0.3 is 5.73 Å². The fraction of sp³-hybridized carbons (Fsp3) is 0.143. The first kappa shape index (κ1) is 15.3. The summed E-state index contributed by atoms with van der Waals surface area (Å²) in [6.07, 6.45) is 0. The van der Waals surface area contributed by atoms with E-state index in [-0.39, 0.29) is 12.1 Å². The van der Waals surface area contributed by atoms with E-state index in [0.29, 0.717) is 0 Å². The molecule has 0 radical (unpaired) electrons. The maximum atomic E-state index is 5.99. The van der Waals surface area contributed by atoms with Gasteiger partial charge in [-0.1, -0.05) is 72.8 Å². The van der Waals surface area contributed by atoms with E-state index in [1.165, 1.54) is 16.7 Å². The lowest BCUT2D eigenvalue weighted by Gasteiger charge is -2.25. The molecule has 1 unspecified atom stereocenters. The van der Waals surface area contributed by atoms with Crippen LogP contribution >= 0.6 is 0 Å². The van der Waals surface area contributed by atoms with Crippen LogP contribution in [0.15, 0.2) is 84.9 Å². The highest BCUT2D eigenvalue weighted by Crippen LogP contribution is 2.27. The van der Waals surface area contributed by atoms with Gasteiger partial charge in [-0.05, 0) is 35.7 Å². The van der Waals surface area contributed by atoms with Gasteiger partial charge in [-0.25, -0.2) is 0 Å². The Hall–Kier alpha value is -2.58. The Morgan fingerprint density at radius 3 is 1.87 bits per heavy atom. The molecule has 0 saturated carbocycles. The molecule has 0 aromatic heterocycles. The summed E-state index contributed by atoms with van der Waals surface area (Å²) in [7, 11) is 0. The van der Waals surface area contributed by atoms with Crippen LogP contribution in [-0.2, 0) is 0 Å². The molecule has 2 atom stereocenters. The Morgan fingerprint density at radius 2 is 1.26 bits per heavy atom. The minimum Gasteiger partial charge on any atom is -0.399 e. The summed E-state index contributed by atoms with van der Waals surface area (Å²) in [5.41, 5.74) is 10.5. The third kappa shape index (κ3) is 3.79. The van der Waals surface area contributed by atoms with Crippen molar-refractivity contribution < 1.29 is 0 Å². The van der Waals surface area contributed by atoms with Gasteiger partial charge in [0, 0.05) is 11.7 Å². The molecule has 3 aromatic carbocycles. The second kappa shape index (κ2) is 7.12.